The molecule has 0 atom stereocenters. The summed E-state index contributed by atoms with van der Waals surface area (Å²) in [4.78, 5) is 9.86. The molecule has 0 amide bonds. The largest absolute Gasteiger partial charge is 0.396 e. The molecule has 0 saturated carbocycles. The minimum atomic E-state index is 0.339. The van der Waals surface area contributed by atoms with Gasteiger partial charge in [0.05, 0.1) is 0 Å². The standard InChI is InChI=1S/C14H25O2/c15-13-11-9-7-5-3-1-2-4-6-8-10-12-14-16/h9,11,16H,1-8,10,12,14H2. The van der Waals surface area contributed by atoms with Crippen LogP contribution in [0.1, 0.15) is 64.2 Å². The first-order valence-corrected chi connectivity index (χ1v) is 6.55. The van der Waals surface area contributed by atoms with E-state index in [9.17, 15) is 4.79 Å². The van der Waals surface area contributed by atoms with Gasteiger partial charge in [0.15, 0.2) is 0 Å². The summed E-state index contributed by atoms with van der Waals surface area (Å²) in [6.07, 6.45) is 17.2. The van der Waals surface area contributed by atoms with E-state index in [2.05, 4.69) is 0 Å². The van der Waals surface area contributed by atoms with Crippen molar-refractivity contribution < 1.29 is 9.90 Å². The number of aliphatic hydroxyl groups is 1. The van der Waals surface area contributed by atoms with Crippen LogP contribution < -0.4 is 0 Å². The second kappa shape index (κ2) is 14.4. The van der Waals surface area contributed by atoms with E-state index in [-0.39, 0.29) is 0 Å². The molecule has 1 radical (unpaired) electrons. The third-order valence-corrected chi connectivity index (χ3v) is 2.71. The van der Waals surface area contributed by atoms with E-state index in [1.807, 2.05) is 6.08 Å². The van der Waals surface area contributed by atoms with Crippen molar-refractivity contribution in [2.75, 3.05) is 6.61 Å². The maximum atomic E-state index is 9.86. The van der Waals surface area contributed by atoms with Crippen molar-refractivity contribution >= 4 is 6.29 Å². The molecule has 0 spiro atoms. The zero-order chi connectivity index (χ0) is 11.9. The molecule has 0 aliphatic carbocycles. The van der Waals surface area contributed by atoms with Gasteiger partial charge < -0.3 is 5.11 Å². The van der Waals surface area contributed by atoms with E-state index in [4.69, 9.17) is 5.11 Å². The summed E-state index contributed by atoms with van der Waals surface area (Å²) in [6.45, 7) is 0.339. The highest BCUT2D eigenvalue weighted by Crippen LogP contribution is 2.10. The molecule has 16 heavy (non-hydrogen) atoms. The first-order chi connectivity index (χ1) is 7.91. The summed E-state index contributed by atoms with van der Waals surface area (Å²) >= 11 is 0. The van der Waals surface area contributed by atoms with E-state index in [1.165, 1.54) is 57.4 Å². The molecular weight excluding hydrogens is 200 g/mol. The highest BCUT2D eigenvalue weighted by molar-refractivity contribution is 5.65. The average molecular weight is 225 g/mol. The van der Waals surface area contributed by atoms with E-state index in [0.717, 1.165) is 12.8 Å². The molecule has 0 aromatic heterocycles. The van der Waals surface area contributed by atoms with Crippen molar-refractivity contribution in [1.29, 1.82) is 0 Å². The number of aliphatic hydroxyl groups excluding tert-OH is 1. The Kier molecular flexibility index (Phi) is 13.8. The van der Waals surface area contributed by atoms with Crippen molar-refractivity contribution in [3.8, 4) is 0 Å². The highest BCUT2D eigenvalue weighted by Gasteiger charge is 1.91. The van der Waals surface area contributed by atoms with Crippen LogP contribution in [0.15, 0.2) is 12.2 Å². The van der Waals surface area contributed by atoms with Crippen molar-refractivity contribution in [1.82, 2.24) is 0 Å². The minimum absolute atomic E-state index is 0.339. The van der Waals surface area contributed by atoms with Crippen LogP contribution in [0, 0.1) is 0 Å². The van der Waals surface area contributed by atoms with Crippen LogP contribution in [0.4, 0.5) is 0 Å². The lowest BCUT2D eigenvalue weighted by atomic mass is 10.1. The van der Waals surface area contributed by atoms with Gasteiger partial charge in [-0.1, -0.05) is 51.0 Å². The number of allylic oxidation sites excluding steroid dienone is 2. The Morgan fingerprint density at radius 3 is 1.81 bits per heavy atom. The maximum Gasteiger partial charge on any atom is 0.225 e. The molecule has 0 aromatic carbocycles. The Morgan fingerprint density at radius 1 is 0.812 bits per heavy atom. The smallest absolute Gasteiger partial charge is 0.225 e. The van der Waals surface area contributed by atoms with Gasteiger partial charge in [-0.25, -0.2) is 0 Å². The number of unbranched alkanes of at least 4 members (excludes halogenated alkanes) is 9. The van der Waals surface area contributed by atoms with Crippen LogP contribution in [-0.2, 0) is 4.79 Å². The van der Waals surface area contributed by atoms with Crippen molar-refractivity contribution in [3.05, 3.63) is 12.2 Å². The van der Waals surface area contributed by atoms with E-state index >= 15 is 0 Å². The Bertz CT molecular complexity index is 164. The average Bonchev–Trinajstić information content (AvgIpc) is 2.31. The molecule has 0 aliphatic heterocycles. The maximum absolute atomic E-state index is 9.86. The Morgan fingerprint density at radius 2 is 1.31 bits per heavy atom. The summed E-state index contributed by atoms with van der Waals surface area (Å²) in [5, 5.41) is 8.60. The molecule has 2 nitrogen and oxygen atoms in total. The van der Waals surface area contributed by atoms with Crippen molar-refractivity contribution in [2.24, 2.45) is 0 Å². The van der Waals surface area contributed by atoms with E-state index < -0.39 is 0 Å². The topological polar surface area (TPSA) is 37.3 Å². The van der Waals surface area contributed by atoms with E-state index in [1.54, 1.807) is 6.29 Å². The van der Waals surface area contributed by atoms with Gasteiger partial charge in [-0.3, -0.25) is 4.79 Å². The fourth-order valence-electron chi connectivity index (χ4n) is 1.74. The van der Waals surface area contributed by atoms with E-state index in [0.29, 0.717) is 6.61 Å². The van der Waals surface area contributed by atoms with Gasteiger partial charge in [0, 0.05) is 6.61 Å². The lowest BCUT2D eigenvalue weighted by Crippen LogP contribution is -1.84. The van der Waals surface area contributed by atoms with Gasteiger partial charge >= 0.3 is 0 Å². The van der Waals surface area contributed by atoms with Gasteiger partial charge in [-0.15, -0.1) is 0 Å². The molecule has 0 bridgehead atoms. The summed E-state index contributed by atoms with van der Waals surface area (Å²) in [5.74, 6) is 0. The second-order valence-corrected chi connectivity index (χ2v) is 4.21. The van der Waals surface area contributed by atoms with Gasteiger partial charge in [0.1, 0.15) is 0 Å². The first kappa shape index (κ1) is 15.4. The van der Waals surface area contributed by atoms with Crippen LogP contribution in [0.2, 0.25) is 0 Å². The number of rotatable bonds is 12. The summed E-state index contributed by atoms with van der Waals surface area (Å²) in [5.41, 5.74) is 0. The van der Waals surface area contributed by atoms with Gasteiger partial charge in [-0.05, 0) is 25.3 Å². The number of carbonyl (C=O) groups excluding carboxylic acids is 1. The fourth-order valence-corrected chi connectivity index (χ4v) is 1.74. The van der Waals surface area contributed by atoms with Crippen LogP contribution in [-0.4, -0.2) is 18.0 Å². The molecular formula is C14H25O2. The van der Waals surface area contributed by atoms with Gasteiger partial charge in [0.25, 0.3) is 0 Å². The second-order valence-electron chi connectivity index (χ2n) is 4.21. The Balaban J connectivity index is 2.93. The molecule has 93 valence electrons. The minimum Gasteiger partial charge on any atom is -0.396 e. The number of hydrogen-bond donors (Lipinski definition) is 1. The van der Waals surface area contributed by atoms with Crippen LogP contribution in [0.3, 0.4) is 0 Å². The Labute approximate surface area is 99.7 Å². The van der Waals surface area contributed by atoms with Crippen molar-refractivity contribution in [3.63, 3.8) is 0 Å². The van der Waals surface area contributed by atoms with Crippen molar-refractivity contribution in [2.45, 2.75) is 64.2 Å². The third kappa shape index (κ3) is 13.4. The summed E-state index contributed by atoms with van der Waals surface area (Å²) < 4.78 is 0. The monoisotopic (exact) mass is 225 g/mol. The zero-order valence-electron chi connectivity index (χ0n) is 10.3. The normalized spacial score (nSPS) is 11.1. The quantitative estimate of drug-likeness (QED) is 0.407. The zero-order valence-corrected chi connectivity index (χ0v) is 10.3. The highest BCUT2D eigenvalue weighted by atomic mass is 16.2. The lowest BCUT2D eigenvalue weighted by molar-refractivity contribution is 0.282. The molecule has 0 aromatic rings. The predicted molar refractivity (Wildman–Crippen MR) is 68.1 cm³/mol. The lowest BCUT2D eigenvalue weighted by Gasteiger charge is -2.00. The predicted octanol–water partition coefficient (Wildman–Crippen LogP) is 3.55. The van der Waals surface area contributed by atoms with Gasteiger partial charge in [0.2, 0.25) is 6.29 Å². The number of hydrogen-bond acceptors (Lipinski definition) is 2. The van der Waals surface area contributed by atoms with Crippen LogP contribution in [0.5, 0.6) is 0 Å². The van der Waals surface area contributed by atoms with Crippen LogP contribution >= 0.6 is 0 Å². The molecule has 0 heterocycles. The molecule has 2 heteroatoms. The fraction of sp³-hybridized carbons (Fsp3) is 0.786. The summed E-state index contributed by atoms with van der Waals surface area (Å²) in [6, 6.07) is 0. The molecule has 0 saturated heterocycles. The van der Waals surface area contributed by atoms with Gasteiger partial charge in [-0.2, -0.15) is 0 Å². The molecule has 0 aliphatic rings. The third-order valence-electron chi connectivity index (χ3n) is 2.71. The SMILES string of the molecule is O=[C]C=CCCCCCCCCCCCO. The molecule has 0 fully saturated rings. The summed E-state index contributed by atoms with van der Waals surface area (Å²) in [7, 11) is 0. The molecule has 1 N–H and O–H groups in total. The first-order valence-electron chi connectivity index (χ1n) is 6.55. The molecule has 0 rings (SSSR count). The molecule has 0 unspecified atom stereocenters. The van der Waals surface area contributed by atoms with Crippen LogP contribution in [0.25, 0.3) is 0 Å². The Hall–Kier alpha value is -0.630.